The molecule has 0 radical (unpaired) electrons. The zero-order valence-electron chi connectivity index (χ0n) is 9.72. The molecule has 0 saturated heterocycles. The number of H-pyrrole nitrogens is 1. The number of nitrogens with two attached hydrogens (primary N) is 1. The lowest BCUT2D eigenvalue weighted by Gasteiger charge is -2.16. The molecule has 0 bridgehead atoms. The molecule has 5 heteroatoms. The summed E-state index contributed by atoms with van der Waals surface area (Å²) < 4.78 is 1.47. The highest BCUT2D eigenvalue weighted by Crippen LogP contribution is 2.33. The van der Waals surface area contributed by atoms with Gasteiger partial charge in [0.2, 0.25) is 0 Å². The third-order valence-corrected chi connectivity index (χ3v) is 3.42. The van der Waals surface area contributed by atoms with E-state index in [-0.39, 0.29) is 11.9 Å². The van der Waals surface area contributed by atoms with Crippen LogP contribution >= 0.6 is 0 Å². The van der Waals surface area contributed by atoms with Crippen LogP contribution in [-0.4, -0.2) is 9.55 Å². The van der Waals surface area contributed by atoms with Crippen LogP contribution in [-0.2, 0) is 6.42 Å². The Balaban J connectivity index is 2.19. The van der Waals surface area contributed by atoms with Gasteiger partial charge < -0.3 is 5.73 Å². The Morgan fingerprint density at radius 1 is 1.28 bits per heavy atom. The van der Waals surface area contributed by atoms with Crippen LogP contribution in [0.25, 0.3) is 0 Å². The van der Waals surface area contributed by atoms with Crippen molar-refractivity contribution >= 4 is 5.82 Å². The van der Waals surface area contributed by atoms with Gasteiger partial charge in [0.25, 0.3) is 5.56 Å². The molecule has 3 N–H and O–H groups in total. The van der Waals surface area contributed by atoms with E-state index in [9.17, 15) is 9.59 Å². The third kappa shape index (κ3) is 1.55. The van der Waals surface area contributed by atoms with Crippen molar-refractivity contribution in [3.63, 3.8) is 0 Å². The first-order chi connectivity index (χ1) is 8.66. The molecule has 1 atom stereocenters. The Kier molecular flexibility index (Phi) is 2.33. The zero-order valence-corrected chi connectivity index (χ0v) is 9.72. The Morgan fingerprint density at radius 2 is 2.06 bits per heavy atom. The van der Waals surface area contributed by atoms with Gasteiger partial charge in [-0.15, -0.1) is 0 Å². The molecule has 1 aliphatic rings. The van der Waals surface area contributed by atoms with E-state index in [2.05, 4.69) is 11.1 Å². The first-order valence-electron chi connectivity index (χ1n) is 5.86. The Bertz CT molecular complexity index is 715. The lowest BCUT2D eigenvalue weighted by molar-refractivity contribution is 0.554. The first kappa shape index (κ1) is 10.8. The van der Waals surface area contributed by atoms with E-state index in [0.717, 1.165) is 18.4 Å². The molecule has 0 saturated carbocycles. The number of benzene rings is 1. The fourth-order valence-corrected chi connectivity index (χ4v) is 2.65. The predicted octanol–water partition coefficient (Wildman–Crippen LogP) is 0.654. The van der Waals surface area contributed by atoms with E-state index in [1.807, 2.05) is 18.2 Å². The molecule has 5 nitrogen and oxygen atoms in total. The number of nitrogen functional groups attached to an aromatic ring is 1. The normalized spacial score (nSPS) is 17.7. The monoisotopic (exact) mass is 243 g/mol. The molecule has 1 aromatic heterocycles. The van der Waals surface area contributed by atoms with Crippen molar-refractivity contribution in [2.75, 3.05) is 5.73 Å². The van der Waals surface area contributed by atoms with Gasteiger partial charge in [-0.05, 0) is 24.0 Å². The van der Waals surface area contributed by atoms with Gasteiger partial charge in [-0.25, -0.2) is 4.79 Å². The number of aromatic nitrogens is 2. The molecular weight excluding hydrogens is 230 g/mol. The summed E-state index contributed by atoms with van der Waals surface area (Å²) in [6, 6.07) is 9.17. The average Bonchev–Trinajstić information content (AvgIpc) is 2.72. The van der Waals surface area contributed by atoms with Crippen LogP contribution in [0.3, 0.4) is 0 Å². The summed E-state index contributed by atoms with van der Waals surface area (Å²) in [6.07, 6.45) is 1.75. The molecular formula is C13H13N3O2. The number of nitrogens with zero attached hydrogens (tertiary/aromatic N) is 1. The fraction of sp³-hybridized carbons (Fsp3) is 0.231. The minimum absolute atomic E-state index is 0.0782. The summed E-state index contributed by atoms with van der Waals surface area (Å²) in [4.78, 5) is 25.3. The molecule has 0 fully saturated rings. The van der Waals surface area contributed by atoms with Crippen LogP contribution in [0.5, 0.6) is 0 Å². The summed E-state index contributed by atoms with van der Waals surface area (Å²) >= 11 is 0. The van der Waals surface area contributed by atoms with Crippen LogP contribution in [0.2, 0.25) is 0 Å². The summed E-state index contributed by atoms with van der Waals surface area (Å²) in [5.74, 6) is 0.213. The number of aromatic amines is 1. The van der Waals surface area contributed by atoms with Crippen LogP contribution in [0.15, 0.2) is 39.9 Å². The van der Waals surface area contributed by atoms with Crippen molar-refractivity contribution in [3.05, 3.63) is 62.3 Å². The lowest BCUT2D eigenvalue weighted by atomic mass is 10.1. The standard InChI is InChI=1S/C13H13N3O2/c14-11-7-12(17)15-13(18)16(11)10-6-5-8-3-1-2-4-9(8)10/h1-4,7,10H,5-6,14H2,(H,15,17,18)/t10-/m0/s1. The molecule has 1 heterocycles. The zero-order chi connectivity index (χ0) is 12.7. The number of anilines is 1. The fourth-order valence-electron chi connectivity index (χ4n) is 2.65. The molecule has 0 unspecified atom stereocenters. The Labute approximate surface area is 103 Å². The number of hydrogen-bond acceptors (Lipinski definition) is 3. The van der Waals surface area contributed by atoms with Crippen molar-refractivity contribution in [1.82, 2.24) is 9.55 Å². The van der Waals surface area contributed by atoms with Crippen molar-refractivity contribution in [2.24, 2.45) is 0 Å². The molecule has 1 aromatic carbocycles. The van der Waals surface area contributed by atoms with Gasteiger partial charge in [-0.2, -0.15) is 0 Å². The van der Waals surface area contributed by atoms with Gasteiger partial charge in [-0.1, -0.05) is 24.3 Å². The van der Waals surface area contributed by atoms with Crippen LogP contribution in [0, 0.1) is 0 Å². The van der Waals surface area contributed by atoms with E-state index in [0.29, 0.717) is 0 Å². The lowest BCUT2D eigenvalue weighted by Crippen LogP contribution is -2.33. The number of nitrogens with one attached hydrogen (secondary N) is 1. The van der Waals surface area contributed by atoms with Gasteiger partial charge in [0.15, 0.2) is 0 Å². The molecule has 0 spiro atoms. The summed E-state index contributed by atoms with van der Waals surface area (Å²) in [6.45, 7) is 0. The van der Waals surface area contributed by atoms with Crippen molar-refractivity contribution in [3.8, 4) is 0 Å². The molecule has 18 heavy (non-hydrogen) atoms. The van der Waals surface area contributed by atoms with Gasteiger partial charge in [-0.3, -0.25) is 14.3 Å². The SMILES string of the molecule is Nc1cc(=O)[nH]c(=O)n1[C@H]1CCc2ccccc21. The second-order valence-electron chi connectivity index (χ2n) is 4.49. The maximum Gasteiger partial charge on any atom is 0.330 e. The van der Waals surface area contributed by atoms with Gasteiger partial charge in [0.05, 0.1) is 6.04 Å². The summed E-state index contributed by atoms with van der Waals surface area (Å²) in [5.41, 5.74) is 7.25. The molecule has 92 valence electrons. The highest BCUT2D eigenvalue weighted by Gasteiger charge is 2.25. The summed E-state index contributed by atoms with van der Waals surface area (Å²) in [5, 5.41) is 0. The van der Waals surface area contributed by atoms with Crippen molar-refractivity contribution < 1.29 is 0 Å². The Hall–Kier alpha value is -2.30. The first-order valence-corrected chi connectivity index (χ1v) is 5.86. The minimum atomic E-state index is -0.458. The highest BCUT2D eigenvalue weighted by atomic mass is 16.2. The smallest absolute Gasteiger partial charge is 0.330 e. The van der Waals surface area contributed by atoms with Crippen molar-refractivity contribution in [1.29, 1.82) is 0 Å². The molecule has 0 aliphatic heterocycles. The maximum absolute atomic E-state index is 11.9. The van der Waals surface area contributed by atoms with Crippen LogP contribution < -0.4 is 17.0 Å². The second-order valence-corrected chi connectivity index (χ2v) is 4.49. The van der Waals surface area contributed by atoms with E-state index >= 15 is 0 Å². The molecule has 2 aromatic rings. The quantitative estimate of drug-likeness (QED) is 0.771. The van der Waals surface area contributed by atoms with Crippen LogP contribution in [0.1, 0.15) is 23.6 Å². The number of hydrogen-bond donors (Lipinski definition) is 2. The van der Waals surface area contributed by atoms with E-state index in [1.165, 1.54) is 16.2 Å². The largest absolute Gasteiger partial charge is 0.385 e. The van der Waals surface area contributed by atoms with E-state index in [4.69, 9.17) is 5.73 Å². The molecule has 3 rings (SSSR count). The van der Waals surface area contributed by atoms with Gasteiger partial charge >= 0.3 is 5.69 Å². The molecule has 0 amide bonds. The summed E-state index contributed by atoms with van der Waals surface area (Å²) in [7, 11) is 0. The topological polar surface area (TPSA) is 80.9 Å². The third-order valence-electron chi connectivity index (χ3n) is 3.42. The highest BCUT2D eigenvalue weighted by molar-refractivity contribution is 5.38. The van der Waals surface area contributed by atoms with E-state index < -0.39 is 11.2 Å². The predicted molar refractivity (Wildman–Crippen MR) is 68.6 cm³/mol. The minimum Gasteiger partial charge on any atom is -0.385 e. The van der Waals surface area contributed by atoms with Crippen molar-refractivity contribution in [2.45, 2.75) is 18.9 Å². The van der Waals surface area contributed by atoms with E-state index in [1.54, 1.807) is 0 Å². The Morgan fingerprint density at radius 3 is 2.83 bits per heavy atom. The molecule has 1 aliphatic carbocycles. The van der Waals surface area contributed by atoms with Gasteiger partial charge in [0, 0.05) is 6.07 Å². The number of aryl methyl sites for hydroxylation is 1. The number of fused-ring (bicyclic) bond motifs is 1. The second kappa shape index (κ2) is 3.87. The van der Waals surface area contributed by atoms with Gasteiger partial charge in [0.1, 0.15) is 5.82 Å². The maximum atomic E-state index is 11.9. The number of rotatable bonds is 1. The van der Waals surface area contributed by atoms with Crippen LogP contribution in [0.4, 0.5) is 5.82 Å². The average molecular weight is 243 g/mol.